The predicted octanol–water partition coefficient (Wildman–Crippen LogP) is 4.09. The first kappa shape index (κ1) is 27.7. The summed E-state index contributed by atoms with van der Waals surface area (Å²) in [6, 6.07) is 18.8. The summed E-state index contributed by atoms with van der Waals surface area (Å²) in [7, 11) is 0. The van der Waals surface area contributed by atoms with Gasteiger partial charge in [0.1, 0.15) is 5.69 Å². The topological polar surface area (TPSA) is 95.9 Å². The van der Waals surface area contributed by atoms with Crippen molar-refractivity contribution in [2.24, 2.45) is 5.41 Å². The average molecular weight is 549 g/mol. The Bertz CT molecular complexity index is 1210. The van der Waals surface area contributed by atoms with Crippen LogP contribution >= 0.6 is 11.5 Å². The number of hydrogen-bond acceptors (Lipinski definition) is 7. The van der Waals surface area contributed by atoms with Gasteiger partial charge in [-0.2, -0.15) is 13.2 Å². The molecule has 3 aromatic rings. The van der Waals surface area contributed by atoms with Gasteiger partial charge in [-0.1, -0.05) is 59.1 Å². The van der Waals surface area contributed by atoms with E-state index in [-0.39, 0.29) is 11.3 Å². The quantitative estimate of drug-likeness (QED) is 0.513. The summed E-state index contributed by atoms with van der Waals surface area (Å²) in [6.45, 7) is 5.40. The Kier molecular flexibility index (Phi) is 8.75. The first-order valence-corrected chi connectivity index (χ1v) is 12.8. The summed E-state index contributed by atoms with van der Waals surface area (Å²) in [6.07, 6.45) is -4.52. The fourth-order valence-electron chi connectivity index (χ4n) is 4.68. The molecule has 2 aliphatic rings. The number of hydrogen-bond donors (Lipinski definition) is 1. The molecule has 0 aliphatic carbocycles. The molecule has 38 heavy (non-hydrogen) atoms. The van der Waals surface area contributed by atoms with Crippen LogP contribution in [0.4, 0.5) is 13.2 Å². The van der Waals surface area contributed by atoms with Crippen molar-refractivity contribution in [2.45, 2.75) is 25.7 Å². The number of halogens is 3. The molecule has 5 rings (SSSR count). The molecule has 0 saturated carbocycles. The van der Waals surface area contributed by atoms with E-state index < -0.39 is 12.1 Å². The normalized spacial score (nSPS) is 20.2. The Hall–Kier alpha value is -3.35. The first-order chi connectivity index (χ1) is 18.1. The lowest BCUT2D eigenvalue weighted by Gasteiger charge is -2.31. The number of carboxylic acids is 1. The standard InChI is InChI=1S/C24H26N4O2S.C2HF3O2/c29-23-12-24(17-28(23)14-19-4-2-1-3-5-19)16-27(10-11-30-18-24)13-20-6-8-21(9-7-20)22-15-31-26-25-22;3-2(4,5)1(6)7/h1-9,15H,10-14,16-18H2;(H,6,7). The molecular formula is C26H27F3N4O4S. The van der Waals surface area contributed by atoms with Crippen molar-refractivity contribution in [1.29, 1.82) is 0 Å². The maximum absolute atomic E-state index is 12.8. The molecule has 2 fully saturated rings. The van der Waals surface area contributed by atoms with Gasteiger partial charge in [0.05, 0.1) is 13.2 Å². The number of amides is 1. The Balaban J connectivity index is 0.000000426. The summed E-state index contributed by atoms with van der Waals surface area (Å²) < 4.78 is 41.7. The zero-order valence-electron chi connectivity index (χ0n) is 20.4. The summed E-state index contributed by atoms with van der Waals surface area (Å²) >= 11 is 1.37. The van der Waals surface area contributed by atoms with Gasteiger partial charge in [0.2, 0.25) is 5.91 Å². The SMILES string of the molecule is O=C(O)C(F)(F)F.O=C1CC2(COCCN(Cc3ccc(-c4csnn4)cc3)C2)CN1Cc1ccccc1. The Morgan fingerprint density at radius 3 is 2.37 bits per heavy atom. The average Bonchev–Trinajstić information content (AvgIpc) is 3.46. The van der Waals surface area contributed by atoms with Crippen molar-refractivity contribution >= 4 is 23.4 Å². The summed E-state index contributed by atoms with van der Waals surface area (Å²) in [5, 5.41) is 13.2. The highest BCUT2D eigenvalue weighted by Crippen LogP contribution is 2.35. The molecule has 1 aromatic heterocycles. The van der Waals surface area contributed by atoms with Crippen LogP contribution in [0.1, 0.15) is 17.5 Å². The molecule has 2 aromatic carbocycles. The maximum atomic E-state index is 12.8. The minimum atomic E-state index is -5.08. The van der Waals surface area contributed by atoms with Crippen LogP contribution in [-0.2, 0) is 27.4 Å². The van der Waals surface area contributed by atoms with Gasteiger partial charge in [0.15, 0.2) is 0 Å². The second-order valence-corrected chi connectivity index (χ2v) is 10.1. The number of aliphatic carboxylic acids is 1. The van der Waals surface area contributed by atoms with Crippen LogP contribution in [-0.4, -0.2) is 75.4 Å². The third-order valence-corrected chi connectivity index (χ3v) is 6.90. The van der Waals surface area contributed by atoms with Gasteiger partial charge in [0.25, 0.3) is 0 Å². The van der Waals surface area contributed by atoms with Crippen LogP contribution < -0.4 is 0 Å². The molecule has 3 heterocycles. The Labute approximate surface area is 221 Å². The molecule has 0 bridgehead atoms. The van der Waals surface area contributed by atoms with Crippen LogP contribution in [0.25, 0.3) is 11.3 Å². The highest BCUT2D eigenvalue weighted by Gasteiger charge is 2.45. The van der Waals surface area contributed by atoms with Gasteiger partial charge in [-0.05, 0) is 22.7 Å². The lowest BCUT2D eigenvalue weighted by Crippen LogP contribution is -2.40. The molecule has 1 N–H and O–H groups in total. The van der Waals surface area contributed by atoms with Crippen LogP contribution in [0.5, 0.6) is 0 Å². The van der Waals surface area contributed by atoms with E-state index >= 15 is 0 Å². The molecule has 12 heteroatoms. The molecule has 2 aliphatic heterocycles. The first-order valence-electron chi connectivity index (χ1n) is 11.9. The van der Waals surface area contributed by atoms with E-state index in [4.69, 9.17) is 14.6 Å². The third-order valence-electron chi connectivity index (χ3n) is 6.40. The number of rotatable bonds is 5. The summed E-state index contributed by atoms with van der Waals surface area (Å²) in [5.41, 5.74) is 4.31. The number of nitrogens with zero attached hydrogens (tertiary/aromatic N) is 4. The molecule has 1 spiro atoms. The van der Waals surface area contributed by atoms with Gasteiger partial charge in [-0.3, -0.25) is 9.69 Å². The minimum absolute atomic E-state index is 0.130. The molecule has 1 atom stereocenters. The van der Waals surface area contributed by atoms with Gasteiger partial charge in [-0.15, -0.1) is 5.10 Å². The number of benzene rings is 2. The number of aromatic nitrogens is 2. The van der Waals surface area contributed by atoms with Gasteiger partial charge < -0.3 is 14.7 Å². The van der Waals surface area contributed by atoms with Crippen LogP contribution in [0, 0.1) is 5.41 Å². The van der Waals surface area contributed by atoms with Crippen molar-refractivity contribution in [1.82, 2.24) is 19.4 Å². The van der Waals surface area contributed by atoms with Crippen molar-refractivity contribution in [2.75, 3.05) is 32.8 Å². The van der Waals surface area contributed by atoms with Crippen molar-refractivity contribution < 1.29 is 32.6 Å². The van der Waals surface area contributed by atoms with Gasteiger partial charge in [0, 0.05) is 55.5 Å². The van der Waals surface area contributed by atoms with E-state index in [1.165, 1.54) is 22.7 Å². The van der Waals surface area contributed by atoms with Gasteiger partial charge in [-0.25, -0.2) is 4.79 Å². The zero-order chi connectivity index (χ0) is 27.2. The highest BCUT2D eigenvalue weighted by atomic mass is 32.1. The van der Waals surface area contributed by atoms with E-state index in [0.717, 1.165) is 37.4 Å². The number of carbonyl (C=O) groups is 2. The largest absolute Gasteiger partial charge is 0.490 e. The number of ether oxygens (including phenoxy) is 1. The fraction of sp³-hybridized carbons (Fsp3) is 0.385. The Morgan fingerprint density at radius 2 is 1.74 bits per heavy atom. The minimum Gasteiger partial charge on any atom is -0.475 e. The monoisotopic (exact) mass is 548 g/mol. The molecule has 2 saturated heterocycles. The third kappa shape index (κ3) is 7.36. The smallest absolute Gasteiger partial charge is 0.475 e. The number of carboxylic acid groups (broad SMARTS) is 1. The van der Waals surface area contributed by atoms with E-state index in [9.17, 15) is 18.0 Å². The van der Waals surface area contributed by atoms with E-state index in [2.05, 4.69) is 50.9 Å². The molecular weight excluding hydrogens is 521 g/mol. The molecule has 1 amide bonds. The number of alkyl halides is 3. The Morgan fingerprint density at radius 1 is 1.05 bits per heavy atom. The molecule has 1 unspecified atom stereocenters. The summed E-state index contributed by atoms with van der Waals surface area (Å²) in [4.78, 5) is 26.2. The fourth-order valence-corrected chi connectivity index (χ4v) is 5.14. The molecule has 8 nitrogen and oxygen atoms in total. The van der Waals surface area contributed by atoms with Crippen molar-refractivity contribution in [3.05, 3.63) is 71.1 Å². The second-order valence-electron chi connectivity index (χ2n) is 9.47. The van der Waals surface area contributed by atoms with E-state index in [1.54, 1.807) is 0 Å². The van der Waals surface area contributed by atoms with Crippen molar-refractivity contribution in [3.8, 4) is 11.3 Å². The number of carbonyl (C=O) groups excluding carboxylic acids is 1. The molecule has 0 radical (unpaired) electrons. The second kappa shape index (κ2) is 12.0. The lowest BCUT2D eigenvalue weighted by atomic mass is 9.87. The van der Waals surface area contributed by atoms with Gasteiger partial charge >= 0.3 is 12.1 Å². The van der Waals surface area contributed by atoms with E-state index in [1.807, 2.05) is 28.5 Å². The lowest BCUT2D eigenvalue weighted by molar-refractivity contribution is -0.192. The van der Waals surface area contributed by atoms with Crippen molar-refractivity contribution in [3.63, 3.8) is 0 Å². The van der Waals surface area contributed by atoms with Crippen LogP contribution in [0.15, 0.2) is 60.0 Å². The highest BCUT2D eigenvalue weighted by molar-refractivity contribution is 7.03. The zero-order valence-corrected chi connectivity index (χ0v) is 21.2. The predicted molar refractivity (Wildman–Crippen MR) is 134 cm³/mol. The summed E-state index contributed by atoms with van der Waals surface area (Å²) in [5.74, 6) is -2.52. The maximum Gasteiger partial charge on any atom is 0.490 e. The number of likely N-dealkylation sites (tertiary alicyclic amines) is 1. The van der Waals surface area contributed by atoms with E-state index in [0.29, 0.717) is 26.2 Å². The molecule has 202 valence electrons. The van der Waals surface area contributed by atoms with Crippen LogP contribution in [0.2, 0.25) is 0 Å². The van der Waals surface area contributed by atoms with Crippen LogP contribution in [0.3, 0.4) is 0 Å².